The van der Waals surface area contributed by atoms with Gasteiger partial charge in [0.15, 0.2) is 0 Å². The van der Waals surface area contributed by atoms with Crippen molar-refractivity contribution in [3.05, 3.63) is 29.3 Å². The molecule has 0 aliphatic heterocycles. The van der Waals surface area contributed by atoms with Crippen LogP contribution in [0.5, 0.6) is 0 Å². The number of hydrogen-bond donors (Lipinski definition) is 3. The van der Waals surface area contributed by atoms with Gasteiger partial charge in [0, 0.05) is 5.69 Å². The zero-order chi connectivity index (χ0) is 12.1. The summed E-state index contributed by atoms with van der Waals surface area (Å²) in [6.07, 6.45) is 0.799. The lowest BCUT2D eigenvalue weighted by atomic mass is 10.1. The third-order valence-corrected chi connectivity index (χ3v) is 2.32. The molecule has 0 saturated heterocycles. The number of nitrogens with zero attached hydrogens (tertiary/aromatic N) is 1. The number of para-hydroxylation sites is 1. The number of amidine groups is 1. The average Bonchev–Trinajstić information content (AvgIpc) is 2.30. The van der Waals surface area contributed by atoms with E-state index in [-0.39, 0.29) is 0 Å². The normalized spacial score (nSPS) is 11.2. The number of amides is 1. The van der Waals surface area contributed by atoms with Gasteiger partial charge in [-0.3, -0.25) is 4.79 Å². The third-order valence-electron chi connectivity index (χ3n) is 2.32. The van der Waals surface area contributed by atoms with Crippen LogP contribution < -0.4 is 11.1 Å². The van der Waals surface area contributed by atoms with Gasteiger partial charge in [-0.15, -0.1) is 0 Å². The van der Waals surface area contributed by atoms with Crippen LogP contribution in [0.3, 0.4) is 0 Å². The van der Waals surface area contributed by atoms with Crippen LogP contribution >= 0.6 is 0 Å². The highest BCUT2D eigenvalue weighted by Crippen LogP contribution is 2.20. The Morgan fingerprint density at radius 3 is 2.81 bits per heavy atom. The summed E-state index contributed by atoms with van der Waals surface area (Å²) in [5.41, 5.74) is 7.87. The van der Waals surface area contributed by atoms with Crippen molar-refractivity contribution in [2.24, 2.45) is 10.9 Å². The maximum absolute atomic E-state index is 11.4. The summed E-state index contributed by atoms with van der Waals surface area (Å²) < 4.78 is 0. The average molecular weight is 221 g/mol. The number of rotatable bonds is 2. The van der Waals surface area contributed by atoms with E-state index in [9.17, 15) is 4.79 Å². The lowest BCUT2D eigenvalue weighted by molar-refractivity contribution is -0.110. The molecule has 1 rings (SSSR count). The number of anilines is 1. The molecule has 4 N–H and O–H groups in total. The first-order valence-electron chi connectivity index (χ1n) is 4.97. The lowest BCUT2D eigenvalue weighted by Crippen LogP contribution is -2.30. The predicted molar refractivity (Wildman–Crippen MR) is 62.6 cm³/mol. The van der Waals surface area contributed by atoms with Crippen molar-refractivity contribution in [3.8, 4) is 0 Å². The Morgan fingerprint density at radius 2 is 2.25 bits per heavy atom. The quantitative estimate of drug-likeness (QED) is 0.304. The molecule has 0 radical (unpaired) electrons. The Morgan fingerprint density at radius 1 is 1.56 bits per heavy atom. The van der Waals surface area contributed by atoms with Crippen molar-refractivity contribution in [2.45, 2.75) is 20.3 Å². The molecule has 1 aromatic rings. The fraction of sp³-hybridized carbons (Fsp3) is 0.273. The zero-order valence-corrected chi connectivity index (χ0v) is 9.32. The summed E-state index contributed by atoms with van der Waals surface area (Å²) in [6, 6.07) is 5.74. The first-order chi connectivity index (χ1) is 7.60. The van der Waals surface area contributed by atoms with Gasteiger partial charge >= 0.3 is 0 Å². The van der Waals surface area contributed by atoms with E-state index in [4.69, 9.17) is 10.9 Å². The molecule has 1 amide bonds. The van der Waals surface area contributed by atoms with Gasteiger partial charge in [0.25, 0.3) is 5.91 Å². The Labute approximate surface area is 94.0 Å². The highest BCUT2D eigenvalue weighted by Gasteiger charge is 2.11. The number of hydrogen-bond acceptors (Lipinski definition) is 3. The SMILES string of the molecule is CCc1cccc(C)c1NC(=O)/C(N)=N/O. The molecule has 0 aliphatic rings. The van der Waals surface area contributed by atoms with Crippen LogP contribution in [0.2, 0.25) is 0 Å². The first-order valence-corrected chi connectivity index (χ1v) is 4.97. The molecule has 0 heterocycles. The number of nitrogens with two attached hydrogens (primary N) is 1. The van der Waals surface area contributed by atoms with Gasteiger partial charge in [-0.05, 0) is 24.5 Å². The van der Waals surface area contributed by atoms with Crippen LogP contribution in [0.25, 0.3) is 0 Å². The molecule has 0 spiro atoms. The minimum absolute atomic E-state index is 0.453. The van der Waals surface area contributed by atoms with E-state index in [1.165, 1.54) is 0 Å². The molecule has 0 unspecified atom stereocenters. The van der Waals surface area contributed by atoms with Crippen LogP contribution in [-0.4, -0.2) is 17.0 Å². The molecule has 0 aromatic heterocycles. The second kappa shape index (κ2) is 5.16. The molecule has 16 heavy (non-hydrogen) atoms. The van der Waals surface area contributed by atoms with E-state index in [2.05, 4.69) is 10.5 Å². The monoisotopic (exact) mass is 221 g/mol. The Hall–Kier alpha value is -2.04. The van der Waals surface area contributed by atoms with Crippen molar-refractivity contribution in [2.75, 3.05) is 5.32 Å². The summed E-state index contributed by atoms with van der Waals surface area (Å²) in [4.78, 5) is 11.4. The van der Waals surface area contributed by atoms with Crippen LogP contribution in [0.1, 0.15) is 18.1 Å². The fourth-order valence-electron chi connectivity index (χ4n) is 1.42. The second-order valence-corrected chi connectivity index (χ2v) is 3.40. The van der Waals surface area contributed by atoms with E-state index >= 15 is 0 Å². The number of aryl methyl sites for hydroxylation is 2. The Bertz CT molecular complexity index is 427. The minimum atomic E-state index is -0.605. The van der Waals surface area contributed by atoms with E-state index in [1.807, 2.05) is 32.0 Å². The summed E-state index contributed by atoms with van der Waals surface area (Å²) in [5.74, 6) is -1.06. The number of oxime groups is 1. The molecule has 0 aliphatic carbocycles. The van der Waals surface area contributed by atoms with E-state index in [0.717, 1.165) is 23.2 Å². The van der Waals surface area contributed by atoms with Gasteiger partial charge in [-0.1, -0.05) is 30.3 Å². The Kier molecular flexibility index (Phi) is 3.88. The maximum Gasteiger partial charge on any atom is 0.294 e. The number of nitrogens with one attached hydrogen (secondary N) is 1. The molecule has 0 bridgehead atoms. The maximum atomic E-state index is 11.4. The zero-order valence-electron chi connectivity index (χ0n) is 9.32. The molecule has 0 atom stereocenters. The summed E-state index contributed by atoms with van der Waals surface area (Å²) in [7, 11) is 0. The van der Waals surface area contributed by atoms with Crippen LogP contribution in [0, 0.1) is 6.92 Å². The van der Waals surface area contributed by atoms with E-state index in [1.54, 1.807) is 0 Å². The van der Waals surface area contributed by atoms with Gasteiger partial charge < -0.3 is 16.3 Å². The van der Waals surface area contributed by atoms with Crippen LogP contribution in [0.15, 0.2) is 23.4 Å². The molecule has 0 saturated carbocycles. The van der Waals surface area contributed by atoms with E-state index < -0.39 is 11.7 Å². The van der Waals surface area contributed by atoms with Crippen LogP contribution in [-0.2, 0) is 11.2 Å². The third kappa shape index (κ3) is 2.50. The second-order valence-electron chi connectivity index (χ2n) is 3.40. The van der Waals surface area contributed by atoms with E-state index in [0.29, 0.717) is 0 Å². The highest BCUT2D eigenvalue weighted by atomic mass is 16.4. The van der Waals surface area contributed by atoms with Crippen molar-refractivity contribution in [1.82, 2.24) is 0 Å². The molecule has 5 heteroatoms. The summed E-state index contributed by atoms with van der Waals surface area (Å²) in [5, 5.41) is 13.7. The smallest absolute Gasteiger partial charge is 0.294 e. The van der Waals surface area contributed by atoms with Gasteiger partial charge in [0.05, 0.1) is 0 Å². The fourth-order valence-corrected chi connectivity index (χ4v) is 1.42. The van der Waals surface area contributed by atoms with Crippen molar-refractivity contribution < 1.29 is 10.0 Å². The van der Waals surface area contributed by atoms with Gasteiger partial charge in [-0.25, -0.2) is 0 Å². The summed E-state index contributed by atoms with van der Waals surface area (Å²) >= 11 is 0. The van der Waals surface area contributed by atoms with Crippen molar-refractivity contribution >= 4 is 17.4 Å². The number of carbonyl (C=O) groups excluding carboxylic acids is 1. The van der Waals surface area contributed by atoms with Crippen molar-refractivity contribution in [3.63, 3.8) is 0 Å². The largest absolute Gasteiger partial charge is 0.409 e. The highest BCUT2D eigenvalue weighted by molar-refractivity contribution is 6.41. The van der Waals surface area contributed by atoms with Gasteiger partial charge in [-0.2, -0.15) is 0 Å². The molecule has 0 fully saturated rings. The predicted octanol–water partition coefficient (Wildman–Crippen LogP) is 1.24. The molecular formula is C11H15N3O2. The molecule has 5 nitrogen and oxygen atoms in total. The first kappa shape index (κ1) is 12.0. The summed E-state index contributed by atoms with van der Waals surface area (Å²) in [6.45, 7) is 3.88. The minimum Gasteiger partial charge on any atom is -0.409 e. The molecule has 86 valence electrons. The lowest BCUT2D eigenvalue weighted by Gasteiger charge is -2.11. The number of carbonyl (C=O) groups is 1. The van der Waals surface area contributed by atoms with Crippen molar-refractivity contribution in [1.29, 1.82) is 0 Å². The topological polar surface area (TPSA) is 87.7 Å². The molecular weight excluding hydrogens is 206 g/mol. The van der Waals surface area contributed by atoms with Crippen LogP contribution in [0.4, 0.5) is 5.69 Å². The standard InChI is InChI=1S/C11H15N3O2/c1-3-8-6-4-5-7(2)9(8)13-11(15)10(12)14-16/h4-6,16H,3H2,1-2H3,(H2,12,14)(H,13,15). The Balaban J connectivity index is 3.01. The molecule has 1 aromatic carbocycles. The number of benzene rings is 1. The van der Waals surface area contributed by atoms with Gasteiger partial charge in [0.2, 0.25) is 5.84 Å². The van der Waals surface area contributed by atoms with Gasteiger partial charge in [0.1, 0.15) is 0 Å².